The molecule has 664 valence electrons. The van der Waals surface area contributed by atoms with E-state index >= 15 is 0 Å². The van der Waals surface area contributed by atoms with Gasteiger partial charge in [0.25, 0.3) is 0 Å². The Morgan fingerprint density at radius 3 is 0.667 bits per heavy atom. The molecule has 1 aliphatic heterocycles. The van der Waals surface area contributed by atoms with Crippen LogP contribution in [0.4, 0.5) is 0 Å². The first-order valence-corrected chi connectivity index (χ1v) is 52.1. The number of benzene rings is 2. The summed E-state index contributed by atoms with van der Waals surface area (Å²) in [7, 11) is 0. The standard InChI is InChI=1S/C61H98N2.2C25H51.Ni/c1-7-13-19-22-23-24-25-26-27-28-29-30-31-32-33-34-35-39-45-59-58(44-36-16-10-4)60(56-48-52(40-17-11-5)46-53(49-56)41-18-12-6)63(62)61(59)57-50-54(42-37-20-14-8-2)47-55(51-57)43-38-21-15-9-3;2*1-3-5-7-9-11-13-15-17-19-21-23-25-24-22-20-18-16-14-12-10-8-6-4-2;/h46-51H,7-38,40-44H2,1-6H3;2*1,3-25H2,2H3;/q;2*-1;+2. The fourth-order valence-corrected chi connectivity index (χ4v) is 17.2. The number of nitrogens with zero attached hydrogens (tertiary/aromatic N) is 2. The number of aryl methyl sites for hydroxylation is 4. The van der Waals surface area contributed by atoms with Gasteiger partial charge < -0.3 is 19.4 Å². The van der Waals surface area contributed by atoms with Crippen molar-refractivity contribution >= 4 is 11.4 Å². The Bertz CT molecular complexity index is 2320. The summed E-state index contributed by atoms with van der Waals surface area (Å²) in [5.74, 6) is 7.53. The van der Waals surface area contributed by atoms with Gasteiger partial charge in [-0.1, -0.05) is 522 Å². The third-order valence-corrected chi connectivity index (χ3v) is 24.8. The summed E-state index contributed by atoms with van der Waals surface area (Å²) < 4.78 is 1.61. The molecule has 3 heteroatoms. The minimum atomic E-state index is 0. The van der Waals surface area contributed by atoms with Crippen molar-refractivity contribution in [2.75, 3.05) is 0 Å². The van der Waals surface area contributed by atoms with Crippen molar-refractivity contribution < 1.29 is 21.2 Å². The summed E-state index contributed by atoms with van der Waals surface area (Å²) in [6.07, 6.45) is 113. The quantitative estimate of drug-likeness (QED) is 0.0207. The van der Waals surface area contributed by atoms with Crippen LogP contribution in [0.1, 0.15) is 596 Å². The van der Waals surface area contributed by atoms with Crippen LogP contribution >= 0.6 is 0 Å². The molecule has 0 spiro atoms. The van der Waals surface area contributed by atoms with Crippen LogP contribution in [0.3, 0.4) is 0 Å². The Morgan fingerprint density at radius 2 is 0.421 bits per heavy atom. The molecule has 0 aliphatic carbocycles. The molecule has 3 rings (SSSR count). The maximum Gasteiger partial charge on any atom is 2.00 e. The van der Waals surface area contributed by atoms with E-state index in [1.807, 2.05) is 0 Å². The van der Waals surface area contributed by atoms with Gasteiger partial charge in [-0.05, 0) is 117 Å². The number of unbranched alkanes of at least 4 members (excludes halogenated alkanes) is 70. The summed E-state index contributed by atoms with van der Waals surface area (Å²) in [6.45, 7) is 26.2. The van der Waals surface area contributed by atoms with E-state index in [1.165, 1.54) is 502 Å². The van der Waals surface area contributed by atoms with Gasteiger partial charge in [-0.15, -0.1) is 0 Å². The van der Waals surface area contributed by atoms with Gasteiger partial charge in [0.15, 0.2) is 0 Å². The first-order chi connectivity index (χ1) is 55.8. The van der Waals surface area contributed by atoms with Crippen LogP contribution in [0.25, 0.3) is 16.9 Å². The van der Waals surface area contributed by atoms with Crippen molar-refractivity contribution in [2.45, 2.75) is 588 Å². The first kappa shape index (κ1) is 112. The average molecular weight is 1620 g/mol. The molecule has 0 bridgehead atoms. The van der Waals surface area contributed by atoms with Gasteiger partial charge in [-0.3, -0.25) is 0 Å². The fourth-order valence-electron chi connectivity index (χ4n) is 17.2. The SMILES string of the molecule is CCCCCCCCCCCCCCCCCCC#CC1=C(c2cc(CCCCCC)cc(CCCCCC)c2)[N+](=[N-])C(c2cc(CCCC)cc(CCCC)c2)=C1CCCCC.[CH2-]CCCCCCCCCCCCCCCCCCCCCCCC.[CH2-]CCCCCCCCCCCCCCCCCCCCCCCC.[Ni+2]. The van der Waals surface area contributed by atoms with Gasteiger partial charge in [-0.2, -0.15) is 12.8 Å². The molecule has 0 saturated heterocycles. The first-order valence-electron chi connectivity index (χ1n) is 52.1. The second-order valence-electron chi connectivity index (χ2n) is 36.1. The maximum absolute atomic E-state index is 12.8. The van der Waals surface area contributed by atoms with E-state index in [4.69, 9.17) is 0 Å². The van der Waals surface area contributed by atoms with Crippen molar-refractivity contribution in [2.24, 2.45) is 0 Å². The molecule has 0 saturated carbocycles. The number of hydrogen-bond acceptors (Lipinski definition) is 0. The number of allylic oxidation sites excluding steroid dienone is 2. The van der Waals surface area contributed by atoms with E-state index in [0.717, 1.165) is 86.7 Å². The second kappa shape index (κ2) is 89.8. The van der Waals surface area contributed by atoms with Gasteiger partial charge >= 0.3 is 16.5 Å². The molecule has 0 fully saturated rings. The van der Waals surface area contributed by atoms with Crippen LogP contribution in [0.15, 0.2) is 47.5 Å². The zero-order valence-corrected chi connectivity index (χ0v) is 79.8. The van der Waals surface area contributed by atoms with E-state index in [-0.39, 0.29) is 16.5 Å². The van der Waals surface area contributed by atoms with E-state index in [2.05, 4.69) is 117 Å². The summed E-state index contributed by atoms with van der Waals surface area (Å²) >= 11 is 0. The van der Waals surface area contributed by atoms with Crippen molar-refractivity contribution in [1.29, 1.82) is 0 Å². The topological polar surface area (TPSA) is 25.3 Å². The van der Waals surface area contributed by atoms with E-state index in [9.17, 15) is 5.53 Å². The Kier molecular flexibility index (Phi) is 87.9. The monoisotopic (exact) mass is 1620 g/mol. The molecular weight excluding hydrogens is 1420 g/mol. The third-order valence-electron chi connectivity index (χ3n) is 24.8. The van der Waals surface area contributed by atoms with E-state index in [0.29, 0.717) is 0 Å². The number of hydrogen-bond donors (Lipinski definition) is 0. The van der Waals surface area contributed by atoms with Gasteiger partial charge in [0.05, 0.1) is 0 Å². The predicted molar refractivity (Wildman–Crippen MR) is 514 cm³/mol. The van der Waals surface area contributed by atoms with E-state index in [1.54, 1.807) is 4.70 Å². The van der Waals surface area contributed by atoms with Crippen LogP contribution in [-0.2, 0) is 42.2 Å². The molecule has 2 nitrogen and oxygen atoms in total. The average Bonchev–Trinajstić information content (AvgIpc) is 1.60. The molecule has 0 aromatic heterocycles. The van der Waals surface area contributed by atoms with E-state index < -0.39 is 0 Å². The second-order valence-corrected chi connectivity index (χ2v) is 36.1. The Morgan fingerprint density at radius 1 is 0.228 bits per heavy atom. The molecule has 114 heavy (non-hydrogen) atoms. The Balaban J connectivity index is 0.00000205. The van der Waals surface area contributed by atoms with Crippen molar-refractivity contribution in [1.82, 2.24) is 0 Å². The molecule has 0 amide bonds. The summed E-state index contributed by atoms with van der Waals surface area (Å²) in [5.41, 5.74) is 25.0. The molecular formula is C111H200N2Ni. The fraction of sp³-hybridized carbons (Fsp3) is 0.820. The summed E-state index contributed by atoms with van der Waals surface area (Å²) in [6, 6.07) is 14.6. The minimum absolute atomic E-state index is 0. The predicted octanol–water partition coefficient (Wildman–Crippen LogP) is 39.6. The smallest absolute Gasteiger partial charge is 0.493 e. The zero-order chi connectivity index (χ0) is 81.7. The van der Waals surface area contributed by atoms with Crippen LogP contribution in [-0.4, -0.2) is 4.70 Å². The van der Waals surface area contributed by atoms with Crippen molar-refractivity contribution in [3.05, 3.63) is 100 Å². The summed E-state index contributed by atoms with van der Waals surface area (Å²) in [5, 5.41) is 0. The molecule has 2 aromatic carbocycles. The van der Waals surface area contributed by atoms with Crippen molar-refractivity contribution in [3.8, 4) is 11.8 Å². The Hall–Kier alpha value is -2.43. The van der Waals surface area contributed by atoms with Gasteiger partial charge in [0.2, 0.25) is 11.4 Å². The van der Waals surface area contributed by atoms with Gasteiger partial charge in [0.1, 0.15) is 5.57 Å². The summed E-state index contributed by atoms with van der Waals surface area (Å²) in [4.78, 5) is 0. The Labute approximate surface area is 728 Å². The molecule has 0 unspecified atom stereocenters. The molecule has 1 heterocycles. The largest absolute Gasteiger partial charge is 2.00 e. The maximum atomic E-state index is 12.8. The number of rotatable bonds is 82. The molecule has 2 aromatic rings. The molecule has 0 N–H and O–H groups in total. The van der Waals surface area contributed by atoms with Crippen LogP contribution in [0.2, 0.25) is 0 Å². The van der Waals surface area contributed by atoms with Gasteiger partial charge in [-0.25, -0.2) is 4.70 Å². The molecule has 1 aliphatic rings. The zero-order valence-electron chi connectivity index (χ0n) is 78.8. The normalized spacial score (nSPS) is 12.0. The third kappa shape index (κ3) is 67.3. The van der Waals surface area contributed by atoms with Crippen LogP contribution in [0.5, 0.6) is 0 Å². The molecule has 0 atom stereocenters. The van der Waals surface area contributed by atoms with Gasteiger partial charge in [0, 0.05) is 23.1 Å². The van der Waals surface area contributed by atoms with Crippen molar-refractivity contribution in [3.63, 3.8) is 0 Å². The van der Waals surface area contributed by atoms with Crippen LogP contribution < -0.4 is 0 Å². The molecule has 0 radical (unpaired) electrons. The minimum Gasteiger partial charge on any atom is -0.493 e. The van der Waals surface area contributed by atoms with Crippen LogP contribution in [0, 0.1) is 25.7 Å².